The SMILES string of the molecule is C=C1C(C)Cc2nc(N3C(=C)c4ccccc4C3c3cccnc3)c(F)cc2N1C. The summed E-state index contributed by atoms with van der Waals surface area (Å²) in [6.45, 7) is 10.6. The van der Waals surface area contributed by atoms with Gasteiger partial charge < -0.3 is 9.80 Å². The Morgan fingerprint density at radius 1 is 1.13 bits per heavy atom. The minimum absolute atomic E-state index is 0.226. The van der Waals surface area contributed by atoms with Crippen LogP contribution in [0.2, 0.25) is 0 Å². The summed E-state index contributed by atoms with van der Waals surface area (Å²) in [5.41, 5.74) is 6.43. The molecule has 3 aromatic rings. The van der Waals surface area contributed by atoms with Gasteiger partial charge in [-0.2, -0.15) is 0 Å². The average Bonchev–Trinajstić information content (AvgIpc) is 3.06. The van der Waals surface area contributed by atoms with Gasteiger partial charge in [0.2, 0.25) is 0 Å². The van der Waals surface area contributed by atoms with E-state index in [1.165, 1.54) is 0 Å². The molecule has 0 amide bonds. The molecule has 2 unspecified atom stereocenters. The molecule has 2 aromatic heterocycles. The molecule has 0 spiro atoms. The van der Waals surface area contributed by atoms with Gasteiger partial charge in [-0.15, -0.1) is 0 Å². The van der Waals surface area contributed by atoms with Crippen LogP contribution < -0.4 is 9.80 Å². The van der Waals surface area contributed by atoms with Crippen LogP contribution in [0.5, 0.6) is 0 Å². The Morgan fingerprint density at radius 3 is 2.70 bits per heavy atom. The van der Waals surface area contributed by atoms with Gasteiger partial charge in [-0.3, -0.25) is 4.98 Å². The molecule has 0 radical (unpaired) electrons. The highest BCUT2D eigenvalue weighted by Gasteiger charge is 2.38. The van der Waals surface area contributed by atoms with E-state index in [4.69, 9.17) is 4.98 Å². The van der Waals surface area contributed by atoms with Crippen LogP contribution in [0.1, 0.15) is 35.3 Å². The lowest BCUT2D eigenvalue weighted by atomic mass is 9.95. The quantitative estimate of drug-likeness (QED) is 0.583. The highest BCUT2D eigenvalue weighted by molar-refractivity contribution is 5.86. The monoisotopic (exact) mass is 398 g/mol. The summed E-state index contributed by atoms with van der Waals surface area (Å²) >= 11 is 0. The zero-order valence-electron chi connectivity index (χ0n) is 17.1. The Hall–Kier alpha value is -3.47. The number of halogens is 1. The third kappa shape index (κ3) is 2.65. The van der Waals surface area contributed by atoms with Crippen LogP contribution in [-0.4, -0.2) is 17.0 Å². The Labute approximate surface area is 176 Å². The first-order chi connectivity index (χ1) is 14.5. The zero-order valence-corrected chi connectivity index (χ0v) is 17.1. The van der Waals surface area contributed by atoms with Crippen LogP contribution in [0.3, 0.4) is 0 Å². The van der Waals surface area contributed by atoms with E-state index >= 15 is 4.39 Å². The normalized spacial score (nSPS) is 20.4. The molecular formula is C25H23FN4. The first kappa shape index (κ1) is 18.6. The number of allylic oxidation sites excluding steroid dienone is 1. The molecule has 0 N–H and O–H groups in total. The van der Waals surface area contributed by atoms with Crippen molar-refractivity contribution in [3.05, 3.63) is 102 Å². The number of hydrogen-bond donors (Lipinski definition) is 0. The zero-order chi connectivity index (χ0) is 21.0. The van der Waals surface area contributed by atoms with Crippen molar-refractivity contribution in [1.82, 2.24) is 9.97 Å². The van der Waals surface area contributed by atoms with Crippen molar-refractivity contribution in [2.45, 2.75) is 19.4 Å². The number of rotatable bonds is 2. The first-order valence-electron chi connectivity index (χ1n) is 10.1. The molecule has 30 heavy (non-hydrogen) atoms. The van der Waals surface area contributed by atoms with Gasteiger partial charge in [-0.05, 0) is 23.6 Å². The summed E-state index contributed by atoms with van der Waals surface area (Å²) in [5, 5.41) is 0. The third-order valence-electron chi connectivity index (χ3n) is 6.22. The van der Waals surface area contributed by atoms with Crippen LogP contribution in [0.25, 0.3) is 5.70 Å². The van der Waals surface area contributed by atoms with E-state index in [0.717, 1.165) is 45.9 Å². The molecule has 0 saturated heterocycles. The molecule has 2 atom stereocenters. The Balaban J connectivity index is 1.69. The Bertz CT molecular complexity index is 1170. The smallest absolute Gasteiger partial charge is 0.170 e. The van der Waals surface area contributed by atoms with Crippen LogP contribution in [0.4, 0.5) is 15.9 Å². The van der Waals surface area contributed by atoms with E-state index in [1.54, 1.807) is 12.3 Å². The lowest BCUT2D eigenvalue weighted by molar-refractivity contribution is 0.588. The van der Waals surface area contributed by atoms with Crippen LogP contribution in [0.15, 0.2) is 73.7 Å². The van der Waals surface area contributed by atoms with Gasteiger partial charge in [0.25, 0.3) is 0 Å². The van der Waals surface area contributed by atoms with Gasteiger partial charge in [-0.25, -0.2) is 9.37 Å². The molecule has 0 fully saturated rings. The van der Waals surface area contributed by atoms with E-state index in [0.29, 0.717) is 5.82 Å². The maximum absolute atomic E-state index is 15.5. The number of aromatic nitrogens is 2. The summed E-state index contributed by atoms with van der Waals surface area (Å²) in [6, 6.07) is 13.3. The van der Waals surface area contributed by atoms with Crippen molar-refractivity contribution < 1.29 is 4.39 Å². The predicted octanol–water partition coefficient (Wildman–Crippen LogP) is 5.34. The second-order valence-electron chi connectivity index (χ2n) is 8.01. The fourth-order valence-corrected chi connectivity index (χ4v) is 4.55. The molecule has 0 saturated carbocycles. The lowest BCUT2D eigenvalue weighted by Crippen LogP contribution is -2.30. The molecular weight excluding hydrogens is 375 g/mol. The van der Waals surface area contributed by atoms with Crippen molar-refractivity contribution in [3.63, 3.8) is 0 Å². The van der Waals surface area contributed by atoms with Crippen molar-refractivity contribution >= 4 is 17.2 Å². The number of hydrogen-bond acceptors (Lipinski definition) is 4. The van der Waals surface area contributed by atoms with Crippen LogP contribution >= 0.6 is 0 Å². The topological polar surface area (TPSA) is 32.3 Å². The molecule has 1 aromatic carbocycles. The van der Waals surface area contributed by atoms with E-state index < -0.39 is 0 Å². The van der Waals surface area contributed by atoms with Crippen molar-refractivity contribution in [3.8, 4) is 0 Å². The first-order valence-corrected chi connectivity index (χ1v) is 10.1. The molecule has 4 nitrogen and oxygen atoms in total. The number of pyridine rings is 2. The van der Waals surface area contributed by atoms with Crippen LogP contribution in [0, 0.1) is 11.7 Å². The molecule has 5 heteroatoms. The molecule has 0 aliphatic carbocycles. The fourth-order valence-electron chi connectivity index (χ4n) is 4.55. The second-order valence-corrected chi connectivity index (χ2v) is 8.01. The second kappa shape index (κ2) is 6.80. The summed E-state index contributed by atoms with van der Waals surface area (Å²) in [5.74, 6) is 0.184. The fraction of sp³-hybridized carbons (Fsp3) is 0.200. The minimum atomic E-state index is -0.370. The summed E-state index contributed by atoms with van der Waals surface area (Å²) in [4.78, 5) is 13.0. The molecule has 2 aliphatic rings. The number of benzene rings is 1. The minimum Gasteiger partial charge on any atom is -0.347 e. The third-order valence-corrected chi connectivity index (χ3v) is 6.22. The predicted molar refractivity (Wildman–Crippen MR) is 119 cm³/mol. The van der Waals surface area contributed by atoms with Crippen molar-refractivity contribution in [2.75, 3.05) is 16.8 Å². The average molecular weight is 398 g/mol. The van der Waals surface area contributed by atoms with Crippen molar-refractivity contribution in [1.29, 1.82) is 0 Å². The highest BCUT2D eigenvalue weighted by atomic mass is 19.1. The maximum atomic E-state index is 15.5. The Morgan fingerprint density at radius 2 is 1.93 bits per heavy atom. The van der Waals surface area contributed by atoms with Gasteiger partial charge in [0.15, 0.2) is 11.6 Å². The highest BCUT2D eigenvalue weighted by Crippen LogP contribution is 2.47. The van der Waals surface area contributed by atoms with E-state index in [1.807, 2.05) is 53.4 Å². The molecule has 0 bridgehead atoms. The molecule has 150 valence electrons. The molecule has 4 heterocycles. The van der Waals surface area contributed by atoms with Gasteiger partial charge in [0, 0.05) is 48.4 Å². The lowest BCUT2D eigenvalue weighted by Gasteiger charge is -2.35. The van der Waals surface area contributed by atoms with E-state index in [-0.39, 0.29) is 17.8 Å². The van der Waals surface area contributed by atoms with E-state index in [2.05, 4.69) is 31.1 Å². The number of anilines is 2. The standard InChI is InChI=1S/C25H23FN4/c1-15-12-22-23(29(4)16(15)2)13-21(26)25(28-22)30-17(3)19-9-5-6-10-20(19)24(30)18-8-7-11-27-14-18/h5-11,13-15,24H,2-3,12H2,1,4H3. The van der Waals surface area contributed by atoms with Crippen LogP contribution in [-0.2, 0) is 6.42 Å². The number of fused-ring (bicyclic) bond motifs is 2. The van der Waals surface area contributed by atoms with E-state index in [9.17, 15) is 0 Å². The van der Waals surface area contributed by atoms with Crippen molar-refractivity contribution in [2.24, 2.45) is 5.92 Å². The number of nitrogens with zero attached hydrogens (tertiary/aromatic N) is 4. The summed E-state index contributed by atoms with van der Waals surface area (Å²) in [7, 11) is 1.92. The molecule has 2 aliphatic heterocycles. The molecule has 5 rings (SSSR count). The van der Waals surface area contributed by atoms with Gasteiger partial charge in [0.1, 0.15) is 0 Å². The Kier molecular flexibility index (Phi) is 4.21. The maximum Gasteiger partial charge on any atom is 0.170 e. The van der Waals surface area contributed by atoms with Gasteiger partial charge >= 0.3 is 0 Å². The summed E-state index contributed by atoms with van der Waals surface area (Å²) in [6.07, 6.45) is 4.30. The summed E-state index contributed by atoms with van der Waals surface area (Å²) < 4.78 is 15.5. The largest absolute Gasteiger partial charge is 0.347 e. The van der Waals surface area contributed by atoms with Gasteiger partial charge in [0.05, 0.1) is 17.4 Å². The van der Waals surface area contributed by atoms with Gasteiger partial charge in [-0.1, -0.05) is 50.4 Å².